The second kappa shape index (κ2) is 5.29. The summed E-state index contributed by atoms with van der Waals surface area (Å²) in [4.78, 5) is 22.5. The van der Waals surface area contributed by atoms with Crippen LogP contribution in [0.4, 0.5) is 0 Å². The van der Waals surface area contributed by atoms with E-state index in [2.05, 4.69) is 13.8 Å². The van der Waals surface area contributed by atoms with E-state index >= 15 is 0 Å². The highest BCUT2D eigenvalue weighted by atomic mass is 16.7. The summed E-state index contributed by atoms with van der Waals surface area (Å²) in [7, 11) is 0. The number of hydrogen-bond donors (Lipinski definition) is 0. The fourth-order valence-electron chi connectivity index (χ4n) is 3.16. The fourth-order valence-corrected chi connectivity index (χ4v) is 3.16. The van der Waals surface area contributed by atoms with Gasteiger partial charge in [0.25, 0.3) is 0 Å². The quantitative estimate of drug-likeness (QED) is 0.574. The van der Waals surface area contributed by atoms with Crippen LogP contribution in [-0.4, -0.2) is 18.2 Å². The number of carbonyl (C=O) groups excluding carboxylic acids is 2. The van der Waals surface area contributed by atoms with Crippen molar-refractivity contribution in [2.45, 2.75) is 65.1 Å². The summed E-state index contributed by atoms with van der Waals surface area (Å²) >= 11 is 0. The minimum Gasteiger partial charge on any atom is -0.424 e. The minimum atomic E-state index is -0.634. The molecule has 0 spiro atoms. The average molecular weight is 254 g/mol. The largest absolute Gasteiger partial charge is 0.424 e. The molecule has 0 bridgehead atoms. The molecule has 1 heterocycles. The lowest BCUT2D eigenvalue weighted by atomic mass is 9.67. The van der Waals surface area contributed by atoms with E-state index in [1.165, 1.54) is 12.8 Å². The molecule has 0 aromatic heterocycles. The number of ether oxygens (including phenoxy) is 2. The smallest absolute Gasteiger partial charge is 0.320 e. The zero-order chi connectivity index (χ0) is 13.2. The summed E-state index contributed by atoms with van der Waals surface area (Å²) in [5, 5.41) is 0. The summed E-state index contributed by atoms with van der Waals surface area (Å²) in [5.74, 6) is -0.706. The maximum Gasteiger partial charge on any atom is 0.320 e. The van der Waals surface area contributed by atoms with Crippen molar-refractivity contribution in [1.29, 1.82) is 0 Å². The second-order valence-electron chi connectivity index (χ2n) is 5.57. The molecular weight excluding hydrogens is 232 g/mol. The fraction of sp³-hybridized carbons (Fsp3) is 0.857. The lowest BCUT2D eigenvalue weighted by Crippen LogP contribution is -2.40. The van der Waals surface area contributed by atoms with Crippen molar-refractivity contribution in [3.05, 3.63) is 0 Å². The van der Waals surface area contributed by atoms with Crippen LogP contribution in [0.25, 0.3) is 0 Å². The van der Waals surface area contributed by atoms with Gasteiger partial charge in [0.1, 0.15) is 6.42 Å². The Morgan fingerprint density at radius 1 is 1.06 bits per heavy atom. The number of esters is 2. The van der Waals surface area contributed by atoms with Gasteiger partial charge in [-0.15, -0.1) is 0 Å². The van der Waals surface area contributed by atoms with Crippen molar-refractivity contribution in [2.24, 2.45) is 11.3 Å². The summed E-state index contributed by atoms with van der Waals surface area (Å²) in [5.41, 5.74) is 0.444. The van der Waals surface area contributed by atoms with E-state index in [0.717, 1.165) is 25.7 Å². The van der Waals surface area contributed by atoms with Crippen LogP contribution in [0.2, 0.25) is 0 Å². The standard InChI is InChI=1S/C14H22O4/c1-3-14(4-2)7-5-10(6-8-14)13-17-11(15)9-12(16)18-13/h10,13H,3-9H2,1-2H3. The zero-order valence-electron chi connectivity index (χ0n) is 11.2. The van der Waals surface area contributed by atoms with Crippen molar-refractivity contribution >= 4 is 11.9 Å². The van der Waals surface area contributed by atoms with Crippen molar-refractivity contribution < 1.29 is 19.1 Å². The number of rotatable bonds is 3. The molecule has 0 N–H and O–H groups in total. The Morgan fingerprint density at radius 2 is 1.56 bits per heavy atom. The third-order valence-corrected chi connectivity index (χ3v) is 4.76. The molecule has 18 heavy (non-hydrogen) atoms. The van der Waals surface area contributed by atoms with Crippen molar-refractivity contribution in [2.75, 3.05) is 0 Å². The predicted molar refractivity (Wildman–Crippen MR) is 65.6 cm³/mol. The summed E-state index contributed by atoms with van der Waals surface area (Å²) in [6.07, 6.45) is 5.75. The molecule has 102 valence electrons. The van der Waals surface area contributed by atoms with Crippen LogP contribution >= 0.6 is 0 Å². The molecule has 1 aliphatic carbocycles. The summed E-state index contributed by atoms with van der Waals surface area (Å²) in [6.45, 7) is 4.48. The highest BCUT2D eigenvalue weighted by Gasteiger charge is 2.40. The first-order valence-corrected chi connectivity index (χ1v) is 6.97. The average Bonchev–Trinajstić information content (AvgIpc) is 2.38. The van der Waals surface area contributed by atoms with Gasteiger partial charge in [0.05, 0.1) is 0 Å². The lowest BCUT2D eigenvalue weighted by Gasteiger charge is -2.41. The van der Waals surface area contributed by atoms with Crippen molar-refractivity contribution in [1.82, 2.24) is 0 Å². The van der Waals surface area contributed by atoms with Gasteiger partial charge in [0.15, 0.2) is 0 Å². The first-order valence-electron chi connectivity index (χ1n) is 6.97. The van der Waals surface area contributed by atoms with Gasteiger partial charge in [-0.1, -0.05) is 26.7 Å². The van der Waals surface area contributed by atoms with Gasteiger partial charge in [-0.2, -0.15) is 0 Å². The molecule has 0 amide bonds. The maximum absolute atomic E-state index is 11.2. The van der Waals surface area contributed by atoms with E-state index in [0.29, 0.717) is 5.41 Å². The third kappa shape index (κ3) is 2.68. The Labute approximate surface area is 108 Å². The van der Waals surface area contributed by atoms with Crippen molar-refractivity contribution in [3.8, 4) is 0 Å². The predicted octanol–water partition coefficient (Wildman–Crippen LogP) is 2.80. The van der Waals surface area contributed by atoms with Crippen LogP contribution < -0.4 is 0 Å². The SMILES string of the molecule is CCC1(CC)CCC(C2OC(=O)CC(=O)O2)CC1. The van der Waals surface area contributed by atoms with Gasteiger partial charge < -0.3 is 9.47 Å². The number of carbonyl (C=O) groups is 2. The molecule has 1 saturated carbocycles. The van der Waals surface area contributed by atoms with E-state index in [1.54, 1.807) is 0 Å². The molecule has 0 radical (unpaired) electrons. The van der Waals surface area contributed by atoms with Crippen molar-refractivity contribution in [3.63, 3.8) is 0 Å². The van der Waals surface area contributed by atoms with Gasteiger partial charge in [-0.25, -0.2) is 0 Å². The molecule has 4 nitrogen and oxygen atoms in total. The minimum absolute atomic E-state index is 0.185. The number of hydrogen-bond acceptors (Lipinski definition) is 4. The Balaban J connectivity index is 1.93. The molecule has 0 aromatic carbocycles. The van der Waals surface area contributed by atoms with Crippen LogP contribution in [0.5, 0.6) is 0 Å². The Bertz CT molecular complexity index is 307. The van der Waals surface area contributed by atoms with Gasteiger partial charge in [-0.3, -0.25) is 9.59 Å². The van der Waals surface area contributed by atoms with E-state index in [1.807, 2.05) is 0 Å². The molecule has 0 unspecified atom stereocenters. The molecule has 0 aromatic rings. The van der Waals surface area contributed by atoms with Crippen LogP contribution in [0.3, 0.4) is 0 Å². The maximum atomic E-state index is 11.2. The highest BCUT2D eigenvalue weighted by molar-refractivity contribution is 5.92. The van der Waals surface area contributed by atoms with Gasteiger partial charge in [0.2, 0.25) is 6.29 Å². The molecule has 2 rings (SSSR count). The molecule has 1 saturated heterocycles. The molecule has 4 heteroatoms. The van der Waals surface area contributed by atoms with E-state index in [9.17, 15) is 9.59 Å². The topological polar surface area (TPSA) is 52.6 Å². The monoisotopic (exact) mass is 254 g/mol. The van der Waals surface area contributed by atoms with E-state index < -0.39 is 18.2 Å². The van der Waals surface area contributed by atoms with Gasteiger partial charge in [0, 0.05) is 5.92 Å². The van der Waals surface area contributed by atoms with Gasteiger partial charge in [-0.05, 0) is 31.1 Å². The Morgan fingerprint density at radius 3 is 2.00 bits per heavy atom. The summed E-state index contributed by atoms with van der Waals surface area (Å²) in [6, 6.07) is 0. The molecule has 2 aliphatic rings. The van der Waals surface area contributed by atoms with Crippen LogP contribution in [0.1, 0.15) is 58.8 Å². The number of cyclic esters (lactones) is 2. The molecular formula is C14H22O4. The first kappa shape index (κ1) is 13.4. The lowest BCUT2D eigenvalue weighted by molar-refractivity contribution is -0.216. The Kier molecular flexibility index (Phi) is 3.93. The second-order valence-corrected chi connectivity index (χ2v) is 5.57. The van der Waals surface area contributed by atoms with Crippen LogP contribution in [-0.2, 0) is 19.1 Å². The van der Waals surface area contributed by atoms with Crippen LogP contribution in [0.15, 0.2) is 0 Å². The van der Waals surface area contributed by atoms with E-state index in [4.69, 9.17) is 9.47 Å². The normalized spacial score (nSPS) is 25.7. The summed E-state index contributed by atoms with van der Waals surface area (Å²) < 4.78 is 10.3. The van der Waals surface area contributed by atoms with Crippen LogP contribution in [0, 0.1) is 11.3 Å². The molecule has 1 aliphatic heterocycles. The highest BCUT2D eigenvalue weighted by Crippen LogP contribution is 2.45. The third-order valence-electron chi connectivity index (χ3n) is 4.76. The van der Waals surface area contributed by atoms with E-state index in [-0.39, 0.29) is 12.3 Å². The molecule has 0 atom stereocenters. The Hall–Kier alpha value is -1.06. The zero-order valence-corrected chi connectivity index (χ0v) is 11.2. The first-order chi connectivity index (χ1) is 8.58. The molecule has 2 fully saturated rings. The van der Waals surface area contributed by atoms with Gasteiger partial charge >= 0.3 is 11.9 Å².